The van der Waals surface area contributed by atoms with Crippen LogP contribution in [-0.2, 0) is 0 Å². The lowest BCUT2D eigenvalue weighted by Gasteiger charge is -2.10. The maximum atomic E-state index is 11.8. The molecule has 0 bridgehead atoms. The largest absolute Gasteiger partial charge is 0.508 e. The summed E-state index contributed by atoms with van der Waals surface area (Å²) < 4.78 is 0. The van der Waals surface area contributed by atoms with Gasteiger partial charge in [0.05, 0.1) is 6.67 Å². The summed E-state index contributed by atoms with van der Waals surface area (Å²) in [6.45, 7) is 2.95. The minimum atomic E-state index is -0.427. The van der Waals surface area contributed by atoms with E-state index in [-0.39, 0.29) is 18.4 Å². The van der Waals surface area contributed by atoms with Gasteiger partial charge in [-0.2, -0.15) is 0 Å². The van der Waals surface area contributed by atoms with Gasteiger partial charge in [-0.1, -0.05) is 103 Å². The van der Waals surface area contributed by atoms with Crippen molar-refractivity contribution in [1.82, 2.24) is 16.0 Å². The van der Waals surface area contributed by atoms with Crippen molar-refractivity contribution in [3.05, 3.63) is 24.3 Å². The van der Waals surface area contributed by atoms with Crippen molar-refractivity contribution < 1.29 is 14.7 Å². The molecule has 0 atom stereocenters. The molecule has 0 aromatic heterocycles. The minimum Gasteiger partial charge on any atom is -0.508 e. The minimum absolute atomic E-state index is 0.0364. The maximum absolute atomic E-state index is 11.8. The van der Waals surface area contributed by atoms with E-state index in [1.807, 2.05) is 0 Å². The highest BCUT2D eigenvalue weighted by atomic mass is 16.3. The van der Waals surface area contributed by atoms with E-state index in [4.69, 9.17) is 0 Å². The molecule has 0 saturated heterocycles. The van der Waals surface area contributed by atoms with Gasteiger partial charge in [-0.25, -0.2) is 9.59 Å². The van der Waals surface area contributed by atoms with Crippen LogP contribution in [0.5, 0.6) is 5.75 Å². The van der Waals surface area contributed by atoms with Crippen LogP contribution in [-0.4, -0.2) is 30.4 Å². The molecule has 0 aliphatic rings. The monoisotopic (exact) mass is 476 g/mol. The van der Waals surface area contributed by atoms with E-state index >= 15 is 0 Å². The predicted molar refractivity (Wildman–Crippen MR) is 141 cm³/mol. The number of hydrogen-bond donors (Lipinski definition) is 5. The van der Waals surface area contributed by atoms with Crippen molar-refractivity contribution in [2.75, 3.05) is 18.5 Å². The first-order valence-corrected chi connectivity index (χ1v) is 13.5. The van der Waals surface area contributed by atoms with Crippen LogP contribution < -0.4 is 21.3 Å². The summed E-state index contributed by atoms with van der Waals surface area (Å²) in [5, 5.41) is 19.8. The number of rotatable bonds is 20. The Kier molecular flexibility index (Phi) is 18.4. The van der Waals surface area contributed by atoms with Gasteiger partial charge in [-0.3, -0.25) is 0 Å². The van der Waals surface area contributed by atoms with Gasteiger partial charge in [-0.15, -0.1) is 0 Å². The Morgan fingerprint density at radius 3 is 1.56 bits per heavy atom. The van der Waals surface area contributed by atoms with Crippen LogP contribution in [0.2, 0.25) is 0 Å². The van der Waals surface area contributed by atoms with E-state index in [2.05, 4.69) is 28.2 Å². The van der Waals surface area contributed by atoms with E-state index in [0.717, 1.165) is 12.8 Å². The molecule has 1 aromatic carbocycles. The normalized spacial score (nSPS) is 10.6. The van der Waals surface area contributed by atoms with Crippen LogP contribution in [0.25, 0.3) is 0 Å². The van der Waals surface area contributed by atoms with Gasteiger partial charge in [0.25, 0.3) is 0 Å². The Hall–Kier alpha value is -2.44. The molecule has 0 fully saturated rings. The molecule has 7 nitrogen and oxygen atoms in total. The lowest BCUT2D eigenvalue weighted by Crippen LogP contribution is -2.44. The van der Waals surface area contributed by atoms with Gasteiger partial charge in [0.1, 0.15) is 5.75 Å². The van der Waals surface area contributed by atoms with Crippen LogP contribution >= 0.6 is 0 Å². The SMILES string of the molecule is CCCCCCCCCCCCCCCCCCNC(=O)NCNC(=O)Nc1ccc(O)cc1. The van der Waals surface area contributed by atoms with Crippen molar-refractivity contribution in [3.63, 3.8) is 0 Å². The summed E-state index contributed by atoms with van der Waals surface area (Å²) in [5.41, 5.74) is 0.559. The van der Waals surface area contributed by atoms with E-state index in [9.17, 15) is 14.7 Å². The first kappa shape index (κ1) is 29.6. The van der Waals surface area contributed by atoms with E-state index in [1.54, 1.807) is 12.1 Å². The zero-order valence-electron chi connectivity index (χ0n) is 21.3. The quantitative estimate of drug-likeness (QED) is 0.0792. The number of nitrogens with one attached hydrogen (secondary N) is 4. The molecule has 34 heavy (non-hydrogen) atoms. The summed E-state index contributed by atoms with van der Waals surface area (Å²) in [6.07, 6.45) is 21.3. The third-order valence-electron chi connectivity index (χ3n) is 5.94. The first-order chi connectivity index (χ1) is 16.6. The second-order valence-electron chi connectivity index (χ2n) is 9.09. The number of carbonyl (C=O) groups is 2. The van der Waals surface area contributed by atoms with Crippen molar-refractivity contribution >= 4 is 17.7 Å². The average Bonchev–Trinajstić information content (AvgIpc) is 2.82. The molecule has 5 N–H and O–H groups in total. The number of hydrogen-bond acceptors (Lipinski definition) is 3. The summed E-state index contributed by atoms with van der Waals surface area (Å²) in [6, 6.07) is 5.44. The fourth-order valence-electron chi connectivity index (χ4n) is 3.86. The van der Waals surface area contributed by atoms with Gasteiger partial charge in [-0.05, 0) is 30.7 Å². The number of phenols is 1. The van der Waals surface area contributed by atoms with Crippen LogP contribution in [0.4, 0.5) is 15.3 Å². The summed E-state index contributed by atoms with van der Waals surface area (Å²) in [4.78, 5) is 23.5. The number of benzene rings is 1. The predicted octanol–water partition coefficient (Wildman–Crippen LogP) is 7.03. The molecule has 194 valence electrons. The molecule has 0 spiro atoms. The van der Waals surface area contributed by atoms with Gasteiger partial charge in [0.15, 0.2) is 0 Å². The highest BCUT2D eigenvalue weighted by Gasteiger charge is 2.03. The number of aromatic hydroxyl groups is 1. The number of amides is 4. The van der Waals surface area contributed by atoms with Crippen molar-refractivity contribution in [1.29, 1.82) is 0 Å². The summed E-state index contributed by atoms with van der Waals surface area (Å²) in [7, 11) is 0. The maximum Gasteiger partial charge on any atom is 0.320 e. The van der Waals surface area contributed by atoms with Gasteiger partial charge in [0.2, 0.25) is 0 Å². The molecule has 0 heterocycles. The number of urea groups is 2. The molecule has 0 aliphatic carbocycles. The Morgan fingerprint density at radius 1 is 0.618 bits per heavy atom. The number of unbranched alkanes of at least 4 members (excludes halogenated alkanes) is 15. The summed E-state index contributed by atoms with van der Waals surface area (Å²) >= 11 is 0. The zero-order chi connectivity index (χ0) is 24.7. The second-order valence-corrected chi connectivity index (χ2v) is 9.09. The standard InChI is InChI=1S/C27H48N4O3/c1-2-3-4-5-6-7-8-9-10-11-12-13-14-15-16-17-22-28-26(33)29-23-30-27(34)31-24-18-20-25(32)21-19-24/h18-21,32H,2-17,22-23H2,1H3,(H2,28,29,33)(H2,30,31,34). The Morgan fingerprint density at radius 2 is 1.06 bits per heavy atom. The molecule has 0 aliphatic heterocycles. The second kappa shape index (κ2) is 21.1. The smallest absolute Gasteiger partial charge is 0.320 e. The summed E-state index contributed by atoms with van der Waals surface area (Å²) in [5.74, 6) is 0.133. The van der Waals surface area contributed by atoms with Gasteiger partial charge >= 0.3 is 12.1 Å². The highest BCUT2D eigenvalue weighted by Crippen LogP contribution is 2.14. The Balaban J connectivity index is 1.80. The molecule has 1 aromatic rings. The Bertz CT molecular complexity index is 637. The van der Waals surface area contributed by atoms with Crippen LogP contribution in [0.15, 0.2) is 24.3 Å². The molecule has 0 unspecified atom stereocenters. The van der Waals surface area contributed by atoms with Crippen molar-refractivity contribution in [2.45, 2.75) is 110 Å². The first-order valence-electron chi connectivity index (χ1n) is 13.5. The Labute approximate surface area is 206 Å². The topological polar surface area (TPSA) is 102 Å². The van der Waals surface area contributed by atoms with E-state index < -0.39 is 6.03 Å². The average molecular weight is 477 g/mol. The van der Waals surface area contributed by atoms with Crippen molar-refractivity contribution in [3.8, 4) is 5.75 Å². The van der Waals surface area contributed by atoms with Crippen LogP contribution in [0.1, 0.15) is 110 Å². The lowest BCUT2D eigenvalue weighted by molar-refractivity contribution is 0.238. The van der Waals surface area contributed by atoms with Crippen molar-refractivity contribution in [2.24, 2.45) is 0 Å². The zero-order valence-corrected chi connectivity index (χ0v) is 21.3. The number of anilines is 1. The fraction of sp³-hybridized carbons (Fsp3) is 0.704. The third kappa shape index (κ3) is 18.0. The lowest BCUT2D eigenvalue weighted by atomic mass is 10.0. The number of phenolic OH excluding ortho intramolecular Hbond substituents is 1. The van der Waals surface area contributed by atoms with Crippen LogP contribution in [0, 0.1) is 0 Å². The molecule has 1 rings (SSSR count). The molecular formula is C27H48N4O3. The molecule has 4 amide bonds. The fourth-order valence-corrected chi connectivity index (χ4v) is 3.86. The van der Waals surface area contributed by atoms with Crippen LogP contribution in [0.3, 0.4) is 0 Å². The molecular weight excluding hydrogens is 428 g/mol. The number of carbonyl (C=O) groups excluding carboxylic acids is 2. The van der Waals surface area contributed by atoms with E-state index in [0.29, 0.717) is 12.2 Å². The molecule has 7 heteroatoms. The van der Waals surface area contributed by atoms with E-state index in [1.165, 1.54) is 102 Å². The third-order valence-corrected chi connectivity index (χ3v) is 5.94. The van der Waals surface area contributed by atoms with Gasteiger partial charge < -0.3 is 26.4 Å². The highest BCUT2D eigenvalue weighted by molar-refractivity contribution is 5.89. The van der Waals surface area contributed by atoms with Gasteiger partial charge in [0, 0.05) is 12.2 Å². The molecule has 0 radical (unpaired) electrons. The molecule has 0 saturated carbocycles.